The molecule has 1 N–H and O–H groups in total. The fourth-order valence-electron chi connectivity index (χ4n) is 1.94. The molecule has 8 heteroatoms. The molecule has 0 bridgehead atoms. The number of alkyl halides is 3. The molecule has 0 aliphatic carbocycles. The zero-order chi connectivity index (χ0) is 16.1. The number of esters is 1. The van der Waals surface area contributed by atoms with Crippen LogP contribution in [0.5, 0.6) is 0 Å². The lowest BCUT2D eigenvalue weighted by molar-refractivity contribution is -0.148. The predicted molar refractivity (Wildman–Crippen MR) is 70.6 cm³/mol. The van der Waals surface area contributed by atoms with Crippen LogP contribution in [0.2, 0.25) is 0 Å². The highest BCUT2D eigenvalue weighted by Gasteiger charge is 2.34. The fraction of sp³-hybridized carbons (Fsp3) is 0.692. The highest BCUT2D eigenvalue weighted by atomic mass is 19.4. The van der Waals surface area contributed by atoms with Crippen LogP contribution in [0, 0.1) is 0 Å². The Balaban J connectivity index is 2.44. The summed E-state index contributed by atoms with van der Waals surface area (Å²) in [7, 11) is 2.99. The number of methoxy groups -OCH3 is 1. The number of aromatic nitrogens is 2. The number of rotatable bonds is 7. The van der Waals surface area contributed by atoms with Crippen LogP contribution in [0.4, 0.5) is 13.2 Å². The van der Waals surface area contributed by atoms with Gasteiger partial charge in [0, 0.05) is 12.7 Å². The van der Waals surface area contributed by atoms with Crippen molar-refractivity contribution in [2.75, 3.05) is 14.2 Å². The number of unbranched alkanes of at least 4 members (excludes halogenated alkanes) is 1. The van der Waals surface area contributed by atoms with Crippen molar-refractivity contribution in [3.05, 3.63) is 18.0 Å². The number of aryl methyl sites for hydroxylation is 1. The third-order valence-electron chi connectivity index (χ3n) is 3.43. The van der Waals surface area contributed by atoms with Crippen molar-refractivity contribution in [2.45, 2.75) is 44.4 Å². The molecule has 1 aromatic heterocycles. The molecular weight excluding hydrogens is 287 g/mol. The molecule has 0 aliphatic rings. The maximum Gasteiger partial charge on any atom is 0.435 e. The Hall–Kier alpha value is -1.57. The number of hydrogen-bond donors (Lipinski definition) is 1. The second-order valence-electron chi connectivity index (χ2n) is 4.99. The minimum atomic E-state index is -4.42. The summed E-state index contributed by atoms with van der Waals surface area (Å²) >= 11 is 0. The number of ether oxygens (including phenoxy) is 1. The fourth-order valence-corrected chi connectivity index (χ4v) is 1.94. The molecule has 1 atom stereocenters. The topological polar surface area (TPSA) is 56.2 Å². The van der Waals surface area contributed by atoms with Crippen molar-refractivity contribution in [3.8, 4) is 0 Å². The maximum absolute atomic E-state index is 12.4. The van der Waals surface area contributed by atoms with Gasteiger partial charge >= 0.3 is 12.1 Å². The quantitative estimate of drug-likeness (QED) is 0.620. The Morgan fingerprint density at radius 3 is 2.57 bits per heavy atom. The largest absolute Gasteiger partial charge is 0.468 e. The van der Waals surface area contributed by atoms with Gasteiger partial charge in [0.05, 0.1) is 7.11 Å². The van der Waals surface area contributed by atoms with Gasteiger partial charge in [-0.05, 0) is 39.3 Å². The standard InChI is InChI=1S/C13H20F3N3O2/c1-12(17-2,11(20)21-3)7-4-5-8-19-9-6-10(18-19)13(14,15)16/h6,9,17H,4-5,7-8H2,1-3H3. The van der Waals surface area contributed by atoms with Crippen molar-refractivity contribution < 1.29 is 22.7 Å². The summed E-state index contributed by atoms with van der Waals surface area (Å²) in [5.74, 6) is -0.358. The number of carbonyl (C=O) groups excluding carboxylic acids is 1. The van der Waals surface area contributed by atoms with E-state index in [4.69, 9.17) is 4.74 Å². The van der Waals surface area contributed by atoms with E-state index in [0.717, 1.165) is 6.07 Å². The van der Waals surface area contributed by atoms with E-state index in [1.165, 1.54) is 18.0 Å². The molecule has 0 saturated heterocycles. The maximum atomic E-state index is 12.4. The minimum Gasteiger partial charge on any atom is -0.468 e. The normalized spacial score (nSPS) is 14.8. The van der Waals surface area contributed by atoms with Crippen molar-refractivity contribution in [2.24, 2.45) is 0 Å². The molecule has 1 unspecified atom stereocenters. The average molecular weight is 307 g/mol. The summed E-state index contributed by atoms with van der Waals surface area (Å²) in [4.78, 5) is 11.6. The van der Waals surface area contributed by atoms with Crippen molar-refractivity contribution in [1.29, 1.82) is 0 Å². The van der Waals surface area contributed by atoms with Gasteiger partial charge in [0.15, 0.2) is 5.69 Å². The lowest BCUT2D eigenvalue weighted by atomic mass is 9.95. The lowest BCUT2D eigenvalue weighted by Gasteiger charge is -2.25. The molecule has 0 aromatic carbocycles. The molecule has 0 amide bonds. The van der Waals surface area contributed by atoms with E-state index in [1.54, 1.807) is 14.0 Å². The number of likely N-dealkylation sites (N-methyl/N-ethyl adjacent to an activating group) is 1. The number of hydrogen-bond acceptors (Lipinski definition) is 4. The smallest absolute Gasteiger partial charge is 0.435 e. The molecular formula is C13H20F3N3O2. The van der Waals surface area contributed by atoms with Crippen LogP contribution >= 0.6 is 0 Å². The summed E-state index contributed by atoms with van der Waals surface area (Å²) in [6.07, 6.45) is -1.30. The van der Waals surface area contributed by atoms with E-state index >= 15 is 0 Å². The van der Waals surface area contributed by atoms with Crippen molar-refractivity contribution >= 4 is 5.97 Å². The molecule has 1 rings (SSSR count). The summed E-state index contributed by atoms with van der Waals surface area (Å²) in [5.41, 5.74) is -1.67. The van der Waals surface area contributed by atoms with Crippen LogP contribution in [0.25, 0.3) is 0 Å². The number of halogens is 3. The minimum absolute atomic E-state index is 0.358. The third-order valence-corrected chi connectivity index (χ3v) is 3.43. The molecule has 0 aliphatic heterocycles. The van der Waals surface area contributed by atoms with Gasteiger partial charge in [0.25, 0.3) is 0 Å². The molecule has 21 heavy (non-hydrogen) atoms. The van der Waals surface area contributed by atoms with Crippen LogP contribution in [-0.2, 0) is 22.3 Å². The average Bonchev–Trinajstić information content (AvgIpc) is 2.91. The highest BCUT2D eigenvalue weighted by Crippen LogP contribution is 2.27. The summed E-state index contributed by atoms with van der Waals surface area (Å²) < 4.78 is 43.1. The Labute approximate surface area is 121 Å². The summed E-state index contributed by atoms with van der Waals surface area (Å²) in [5, 5.41) is 6.38. The van der Waals surface area contributed by atoms with Crippen LogP contribution in [0.1, 0.15) is 31.9 Å². The molecule has 0 saturated carbocycles. The van der Waals surface area contributed by atoms with Gasteiger partial charge in [0.1, 0.15) is 5.54 Å². The van der Waals surface area contributed by atoms with Crippen LogP contribution in [0.3, 0.4) is 0 Å². The van der Waals surface area contributed by atoms with Crippen LogP contribution < -0.4 is 5.32 Å². The molecule has 120 valence electrons. The van der Waals surface area contributed by atoms with Gasteiger partial charge in [-0.3, -0.25) is 9.48 Å². The Bertz CT molecular complexity index is 473. The van der Waals surface area contributed by atoms with E-state index < -0.39 is 17.4 Å². The van der Waals surface area contributed by atoms with E-state index in [1.807, 2.05) is 0 Å². The van der Waals surface area contributed by atoms with Crippen LogP contribution in [0.15, 0.2) is 12.3 Å². The van der Waals surface area contributed by atoms with Gasteiger partial charge in [-0.25, -0.2) is 0 Å². The van der Waals surface area contributed by atoms with Gasteiger partial charge < -0.3 is 10.1 Å². The SMILES string of the molecule is CNC(C)(CCCCn1ccc(C(F)(F)F)n1)C(=O)OC. The molecule has 0 radical (unpaired) electrons. The van der Waals surface area contributed by atoms with E-state index in [-0.39, 0.29) is 5.97 Å². The Kier molecular flexibility index (Phi) is 5.77. The monoisotopic (exact) mass is 307 g/mol. The molecule has 0 fully saturated rings. The van der Waals surface area contributed by atoms with E-state index in [2.05, 4.69) is 10.4 Å². The van der Waals surface area contributed by atoms with Gasteiger partial charge in [0.2, 0.25) is 0 Å². The van der Waals surface area contributed by atoms with Gasteiger partial charge in [-0.2, -0.15) is 18.3 Å². The first-order valence-corrected chi connectivity index (χ1v) is 6.61. The first kappa shape index (κ1) is 17.5. The second kappa shape index (κ2) is 6.93. The third kappa shape index (κ3) is 4.73. The van der Waals surface area contributed by atoms with E-state index in [0.29, 0.717) is 25.8 Å². The number of nitrogens with one attached hydrogen (secondary N) is 1. The second-order valence-corrected chi connectivity index (χ2v) is 4.99. The molecule has 1 aromatic rings. The summed E-state index contributed by atoms with van der Waals surface area (Å²) in [6, 6.07) is 0.951. The lowest BCUT2D eigenvalue weighted by Crippen LogP contribution is -2.48. The number of nitrogens with zero attached hydrogens (tertiary/aromatic N) is 2. The van der Waals surface area contributed by atoms with Gasteiger partial charge in [-0.15, -0.1) is 0 Å². The zero-order valence-corrected chi connectivity index (χ0v) is 12.3. The predicted octanol–water partition coefficient (Wildman–Crippen LogP) is 2.22. The summed E-state index contributed by atoms with van der Waals surface area (Å²) in [6.45, 7) is 2.10. The van der Waals surface area contributed by atoms with Gasteiger partial charge in [-0.1, -0.05) is 0 Å². The van der Waals surface area contributed by atoms with Crippen molar-refractivity contribution in [3.63, 3.8) is 0 Å². The Morgan fingerprint density at radius 1 is 1.43 bits per heavy atom. The first-order valence-electron chi connectivity index (χ1n) is 6.61. The van der Waals surface area contributed by atoms with E-state index in [9.17, 15) is 18.0 Å². The number of carbonyl (C=O) groups is 1. The van der Waals surface area contributed by atoms with Crippen LogP contribution in [-0.4, -0.2) is 35.4 Å². The zero-order valence-electron chi connectivity index (χ0n) is 12.3. The molecule has 5 nitrogen and oxygen atoms in total. The van der Waals surface area contributed by atoms with Crippen molar-refractivity contribution in [1.82, 2.24) is 15.1 Å². The highest BCUT2D eigenvalue weighted by molar-refractivity contribution is 5.80. The first-order chi connectivity index (χ1) is 9.73. The molecule has 0 spiro atoms. The molecule has 1 heterocycles. The Morgan fingerprint density at radius 2 is 2.10 bits per heavy atom.